The van der Waals surface area contributed by atoms with Crippen molar-refractivity contribution in [1.82, 2.24) is 5.32 Å². The molecule has 118 valence electrons. The Bertz CT molecular complexity index is 516. The smallest absolute Gasteiger partial charge is 0.408 e. The molecule has 0 spiro atoms. The number of hydrogen-bond donors (Lipinski definition) is 2. The van der Waals surface area contributed by atoms with Gasteiger partial charge < -0.3 is 20.5 Å². The highest BCUT2D eigenvalue weighted by molar-refractivity contribution is 6.35. The Morgan fingerprint density at radius 2 is 2.00 bits per heavy atom. The lowest BCUT2D eigenvalue weighted by Crippen LogP contribution is -2.38. The van der Waals surface area contributed by atoms with Gasteiger partial charge in [0.15, 0.2) is 0 Å². The van der Waals surface area contributed by atoms with Crippen LogP contribution < -0.4 is 15.8 Å². The number of benzene rings is 1. The predicted octanol–water partition coefficient (Wildman–Crippen LogP) is 3.53. The van der Waals surface area contributed by atoms with Crippen molar-refractivity contribution in [3.05, 3.63) is 27.7 Å². The molecule has 1 unspecified atom stereocenters. The molecule has 1 aromatic rings. The molecule has 0 saturated carbocycles. The van der Waals surface area contributed by atoms with Crippen molar-refractivity contribution < 1.29 is 14.3 Å². The molecule has 21 heavy (non-hydrogen) atoms. The highest BCUT2D eigenvalue weighted by Crippen LogP contribution is 2.35. The Morgan fingerprint density at radius 1 is 1.38 bits per heavy atom. The molecule has 0 aliphatic heterocycles. The largest absolute Gasteiger partial charge is 0.495 e. The second kappa shape index (κ2) is 7.20. The van der Waals surface area contributed by atoms with Gasteiger partial charge in [-0.05, 0) is 32.9 Å². The number of carbonyl (C=O) groups excluding carboxylic acids is 1. The lowest BCUT2D eigenvalue weighted by Gasteiger charge is -2.24. The Kier molecular flexibility index (Phi) is 6.13. The van der Waals surface area contributed by atoms with Crippen LogP contribution in [0.5, 0.6) is 5.75 Å². The number of halogens is 2. The van der Waals surface area contributed by atoms with Crippen LogP contribution in [0.3, 0.4) is 0 Å². The van der Waals surface area contributed by atoms with E-state index in [2.05, 4.69) is 5.32 Å². The fourth-order valence-electron chi connectivity index (χ4n) is 1.77. The monoisotopic (exact) mass is 334 g/mol. The van der Waals surface area contributed by atoms with Gasteiger partial charge in [-0.3, -0.25) is 0 Å². The minimum atomic E-state index is -0.598. The number of alkyl carbamates (subject to hydrolysis) is 1. The minimum Gasteiger partial charge on any atom is -0.495 e. The number of nitrogens with two attached hydrogens (primary N) is 1. The van der Waals surface area contributed by atoms with Gasteiger partial charge in [0, 0.05) is 17.1 Å². The second-order valence-electron chi connectivity index (χ2n) is 5.44. The molecule has 3 N–H and O–H groups in total. The van der Waals surface area contributed by atoms with E-state index in [-0.39, 0.29) is 6.54 Å². The molecule has 0 bridgehead atoms. The van der Waals surface area contributed by atoms with E-state index in [4.69, 9.17) is 38.4 Å². The molecule has 1 atom stereocenters. The van der Waals surface area contributed by atoms with Crippen LogP contribution in [0, 0.1) is 0 Å². The quantitative estimate of drug-likeness (QED) is 0.883. The van der Waals surface area contributed by atoms with E-state index in [0.717, 1.165) is 0 Å². The van der Waals surface area contributed by atoms with Crippen LogP contribution in [0.15, 0.2) is 12.1 Å². The molecule has 7 heteroatoms. The maximum Gasteiger partial charge on any atom is 0.408 e. The van der Waals surface area contributed by atoms with Crippen LogP contribution in [0.4, 0.5) is 4.79 Å². The van der Waals surface area contributed by atoms with Gasteiger partial charge in [0.25, 0.3) is 0 Å². The molecule has 0 radical (unpaired) electrons. The fourth-order valence-corrected chi connectivity index (χ4v) is 2.35. The molecule has 0 aliphatic carbocycles. The molecule has 0 saturated heterocycles. The van der Waals surface area contributed by atoms with Crippen molar-refractivity contribution in [1.29, 1.82) is 0 Å². The number of hydrogen-bond acceptors (Lipinski definition) is 4. The Balaban J connectivity index is 3.03. The van der Waals surface area contributed by atoms with Crippen molar-refractivity contribution in [3.8, 4) is 5.75 Å². The number of amides is 1. The normalized spacial score (nSPS) is 12.7. The maximum absolute atomic E-state index is 11.9. The molecule has 0 aliphatic rings. The van der Waals surface area contributed by atoms with Gasteiger partial charge in [-0.15, -0.1) is 0 Å². The molecule has 0 aromatic heterocycles. The van der Waals surface area contributed by atoms with Crippen LogP contribution in [-0.4, -0.2) is 25.3 Å². The first kappa shape index (κ1) is 17.9. The van der Waals surface area contributed by atoms with Crippen LogP contribution in [0.1, 0.15) is 32.4 Å². The predicted molar refractivity (Wildman–Crippen MR) is 84.2 cm³/mol. The van der Waals surface area contributed by atoms with Crippen molar-refractivity contribution >= 4 is 29.3 Å². The summed E-state index contributed by atoms with van der Waals surface area (Å²) in [7, 11) is 1.49. The highest BCUT2D eigenvalue weighted by Gasteiger charge is 2.23. The van der Waals surface area contributed by atoms with E-state index in [1.165, 1.54) is 7.11 Å². The SMILES string of the molecule is COc1c(Cl)cc(Cl)cc1C(CN)NC(=O)OC(C)(C)C. The third-order valence-electron chi connectivity index (χ3n) is 2.54. The van der Waals surface area contributed by atoms with E-state index in [1.807, 2.05) is 0 Å². The number of rotatable bonds is 4. The standard InChI is InChI=1S/C14H20Cl2N2O3/c1-14(2,3)21-13(19)18-11(7-17)9-5-8(15)6-10(16)12(9)20-4/h5-6,11H,7,17H2,1-4H3,(H,18,19). The molecule has 1 amide bonds. The third kappa shape index (κ3) is 5.26. The molecule has 1 aromatic carbocycles. The highest BCUT2D eigenvalue weighted by atomic mass is 35.5. The first-order valence-corrected chi connectivity index (χ1v) is 7.16. The Hall–Kier alpha value is -1.17. The van der Waals surface area contributed by atoms with Gasteiger partial charge in [-0.2, -0.15) is 0 Å². The number of carbonyl (C=O) groups is 1. The molecule has 0 heterocycles. The van der Waals surface area contributed by atoms with E-state index in [1.54, 1.807) is 32.9 Å². The first-order valence-electron chi connectivity index (χ1n) is 6.40. The van der Waals surface area contributed by atoms with E-state index in [9.17, 15) is 4.79 Å². The van der Waals surface area contributed by atoms with Gasteiger partial charge in [-0.25, -0.2) is 4.79 Å². The van der Waals surface area contributed by atoms with Crippen LogP contribution in [0.25, 0.3) is 0 Å². The number of nitrogens with one attached hydrogen (secondary N) is 1. The minimum absolute atomic E-state index is 0.145. The summed E-state index contributed by atoms with van der Waals surface area (Å²) in [5.74, 6) is 0.424. The second-order valence-corrected chi connectivity index (χ2v) is 6.29. The van der Waals surface area contributed by atoms with Gasteiger partial charge in [0.05, 0.1) is 18.2 Å². The van der Waals surface area contributed by atoms with E-state index in [0.29, 0.717) is 21.4 Å². The van der Waals surface area contributed by atoms with Gasteiger partial charge in [0.2, 0.25) is 0 Å². The summed E-state index contributed by atoms with van der Waals surface area (Å²) >= 11 is 12.1. The lowest BCUT2D eigenvalue weighted by atomic mass is 10.1. The summed E-state index contributed by atoms with van der Waals surface area (Å²) in [4.78, 5) is 11.9. The Morgan fingerprint density at radius 3 is 2.48 bits per heavy atom. The summed E-state index contributed by atoms with van der Waals surface area (Å²) in [6.07, 6.45) is -0.573. The van der Waals surface area contributed by atoms with Crippen molar-refractivity contribution in [2.24, 2.45) is 5.73 Å². The van der Waals surface area contributed by atoms with Gasteiger partial charge >= 0.3 is 6.09 Å². The molecular formula is C14H20Cl2N2O3. The van der Waals surface area contributed by atoms with Gasteiger partial charge in [0.1, 0.15) is 11.4 Å². The van der Waals surface area contributed by atoms with Crippen molar-refractivity contribution in [2.45, 2.75) is 32.4 Å². The average molecular weight is 335 g/mol. The molecule has 5 nitrogen and oxygen atoms in total. The van der Waals surface area contributed by atoms with Crippen molar-refractivity contribution in [2.75, 3.05) is 13.7 Å². The molecule has 0 fully saturated rings. The summed E-state index contributed by atoms with van der Waals surface area (Å²) in [5, 5.41) is 3.47. The summed E-state index contributed by atoms with van der Waals surface area (Å²) < 4.78 is 10.5. The van der Waals surface area contributed by atoms with Gasteiger partial charge in [-0.1, -0.05) is 23.2 Å². The van der Waals surface area contributed by atoms with E-state index < -0.39 is 17.7 Å². The van der Waals surface area contributed by atoms with Crippen molar-refractivity contribution in [3.63, 3.8) is 0 Å². The molecule has 1 rings (SSSR count). The summed E-state index contributed by atoms with van der Waals surface area (Å²) in [5.41, 5.74) is 5.73. The summed E-state index contributed by atoms with van der Waals surface area (Å²) in [6.45, 7) is 5.48. The maximum atomic E-state index is 11.9. The zero-order chi connectivity index (χ0) is 16.2. The summed E-state index contributed by atoms with van der Waals surface area (Å²) in [6, 6.07) is 2.69. The Labute approximate surface area is 134 Å². The number of ether oxygens (including phenoxy) is 2. The van der Waals surface area contributed by atoms with Crippen LogP contribution >= 0.6 is 23.2 Å². The topological polar surface area (TPSA) is 73.6 Å². The van der Waals surface area contributed by atoms with E-state index >= 15 is 0 Å². The molecular weight excluding hydrogens is 315 g/mol. The average Bonchev–Trinajstić information content (AvgIpc) is 2.32. The fraction of sp³-hybridized carbons (Fsp3) is 0.500. The van der Waals surface area contributed by atoms with Crippen LogP contribution in [0.2, 0.25) is 10.0 Å². The third-order valence-corrected chi connectivity index (χ3v) is 3.04. The zero-order valence-electron chi connectivity index (χ0n) is 12.5. The zero-order valence-corrected chi connectivity index (χ0v) is 14.0. The van der Waals surface area contributed by atoms with Crippen LogP contribution in [-0.2, 0) is 4.74 Å². The lowest BCUT2D eigenvalue weighted by molar-refractivity contribution is 0.0505. The number of methoxy groups -OCH3 is 1. The first-order chi connectivity index (χ1) is 9.67.